The summed E-state index contributed by atoms with van der Waals surface area (Å²) in [6, 6.07) is 13.8. The SMILES string of the molecule is COc1ccc2nccc(CCC[C@@H]3CCN(CCCc4ccccc4C(F)(F)F)C[C@@H]3CCC(=O)O)c2c1. The summed E-state index contributed by atoms with van der Waals surface area (Å²) in [5.74, 6) is 0.729. The topological polar surface area (TPSA) is 62.7 Å². The minimum absolute atomic E-state index is 0.142. The van der Waals surface area contributed by atoms with Gasteiger partial charge in [-0.3, -0.25) is 9.78 Å². The number of aliphatic carboxylic acids is 1. The number of pyridine rings is 1. The predicted octanol–water partition coefficient (Wildman–Crippen LogP) is 7.02. The standard InChI is InChI=1S/C31H37F3N2O3/c1-39-26-12-13-29-27(20-26)23(15-17-35-29)8-4-7-22-16-19-36(21-25(22)11-14-30(37)38)18-5-9-24-6-2-3-10-28(24)31(32,33)34/h2-3,6,10,12-13,15,17,20,22,25H,4-5,7-9,11,14,16,18-19,21H2,1H3,(H,37,38)/t22-,25+/m1/s1. The van der Waals surface area contributed by atoms with E-state index in [0.717, 1.165) is 61.5 Å². The van der Waals surface area contributed by atoms with Crippen LogP contribution in [-0.2, 0) is 23.8 Å². The highest BCUT2D eigenvalue weighted by Crippen LogP contribution is 2.34. The fourth-order valence-electron chi connectivity index (χ4n) is 5.96. The van der Waals surface area contributed by atoms with Gasteiger partial charge in [0.2, 0.25) is 0 Å². The Balaban J connectivity index is 1.33. The largest absolute Gasteiger partial charge is 0.497 e. The highest BCUT2D eigenvalue weighted by atomic mass is 19.4. The number of alkyl halides is 3. The number of carboxylic acids is 1. The highest BCUT2D eigenvalue weighted by molar-refractivity contribution is 5.83. The number of halogens is 3. The van der Waals surface area contributed by atoms with Gasteiger partial charge in [0.05, 0.1) is 18.2 Å². The van der Waals surface area contributed by atoms with Crippen molar-refractivity contribution in [2.24, 2.45) is 11.8 Å². The zero-order chi connectivity index (χ0) is 27.8. The van der Waals surface area contributed by atoms with E-state index < -0.39 is 17.7 Å². The molecule has 0 saturated carbocycles. The van der Waals surface area contributed by atoms with E-state index in [1.807, 2.05) is 24.4 Å². The van der Waals surface area contributed by atoms with Crippen LogP contribution >= 0.6 is 0 Å². The van der Waals surface area contributed by atoms with Gasteiger partial charge in [0.25, 0.3) is 0 Å². The molecule has 1 aliphatic heterocycles. The van der Waals surface area contributed by atoms with Crippen molar-refractivity contribution in [2.45, 2.75) is 57.5 Å². The van der Waals surface area contributed by atoms with Gasteiger partial charge in [-0.1, -0.05) is 18.2 Å². The Morgan fingerprint density at radius 3 is 2.62 bits per heavy atom. The van der Waals surface area contributed by atoms with Crippen LogP contribution in [0.2, 0.25) is 0 Å². The molecule has 2 aromatic carbocycles. The Morgan fingerprint density at radius 2 is 1.85 bits per heavy atom. The Morgan fingerprint density at radius 1 is 1.05 bits per heavy atom. The second kappa shape index (κ2) is 13.3. The normalized spacial score (nSPS) is 18.4. The van der Waals surface area contributed by atoms with Crippen LogP contribution in [0, 0.1) is 11.8 Å². The summed E-state index contributed by atoms with van der Waals surface area (Å²) in [6.45, 7) is 2.41. The molecule has 1 aliphatic rings. The molecule has 1 saturated heterocycles. The van der Waals surface area contributed by atoms with Crippen LogP contribution in [0.3, 0.4) is 0 Å². The Hall–Kier alpha value is -3.13. The maximum Gasteiger partial charge on any atom is 0.416 e. The van der Waals surface area contributed by atoms with Crippen LogP contribution in [0.15, 0.2) is 54.7 Å². The predicted molar refractivity (Wildman–Crippen MR) is 146 cm³/mol. The molecule has 39 heavy (non-hydrogen) atoms. The monoisotopic (exact) mass is 542 g/mol. The van der Waals surface area contributed by atoms with Crippen molar-refractivity contribution in [3.63, 3.8) is 0 Å². The number of likely N-dealkylation sites (tertiary alicyclic amines) is 1. The summed E-state index contributed by atoms with van der Waals surface area (Å²) in [7, 11) is 1.66. The number of aromatic nitrogens is 1. The van der Waals surface area contributed by atoms with Crippen LogP contribution in [0.5, 0.6) is 5.75 Å². The molecule has 1 N–H and O–H groups in total. The first-order valence-corrected chi connectivity index (χ1v) is 13.8. The van der Waals surface area contributed by atoms with Crippen molar-refractivity contribution >= 4 is 16.9 Å². The smallest absolute Gasteiger partial charge is 0.416 e. The van der Waals surface area contributed by atoms with E-state index in [2.05, 4.69) is 16.0 Å². The van der Waals surface area contributed by atoms with E-state index in [1.54, 1.807) is 19.2 Å². The second-order valence-corrected chi connectivity index (χ2v) is 10.5. The summed E-state index contributed by atoms with van der Waals surface area (Å²) >= 11 is 0. The van der Waals surface area contributed by atoms with Crippen molar-refractivity contribution < 1.29 is 27.8 Å². The van der Waals surface area contributed by atoms with E-state index >= 15 is 0 Å². The number of aryl methyl sites for hydroxylation is 2. The van der Waals surface area contributed by atoms with Gasteiger partial charge in [0.15, 0.2) is 0 Å². The summed E-state index contributed by atoms with van der Waals surface area (Å²) in [6.07, 6.45) is 3.19. The van der Waals surface area contributed by atoms with Gasteiger partial charge < -0.3 is 14.7 Å². The van der Waals surface area contributed by atoms with Crippen molar-refractivity contribution in [2.75, 3.05) is 26.7 Å². The summed E-state index contributed by atoms with van der Waals surface area (Å²) in [4.78, 5) is 18.1. The fourth-order valence-corrected chi connectivity index (χ4v) is 5.96. The number of ether oxygens (including phenoxy) is 1. The number of carboxylic acid groups (broad SMARTS) is 1. The third-order valence-electron chi connectivity index (χ3n) is 8.01. The summed E-state index contributed by atoms with van der Waals surface area (Å²) in [5, 5.41) is 10.4. The number of fused-ring (bicyclic) bond motifs is 1. The van der Waals surface area contributed by atoms with Crippen molar-refractivity contribution in [1.82, 2.24) is 9.88 Å². The zero-order valence-corrected chi connectivity index (χ0v) is 22.4. The summed E-state index contributed by atoms with van der Waals surface area (Å²) < 4.78 is 45.4. The molecule has 210 valence electrons. The first-order chi connectivity index (χ1) is 18.7. The second-order valence-electron chi connectivity index (χ2n) is 10.5. The third-order valence-corrected chi connectivity index (χ3v) is 8.01. The molecule has 1 fully saturated rings. The first kappa shape index (κ1) is 28.9. The Kier molecular flexibility index (Phi) is 9.83. The lowest BCUT2D eigenvalue weighted by atomic mass is 9.79. The molecule has 4 rings (SSSR count). The maximum atomic E-state index is 13.3. The van der Waals surface area contributed by atoms with Crippen LogP contribution in [0.4, 0.5) is 13.2 Å². The number of hydrogen-bond acceptors (Lipinski definition) is 4. The molecule has 2 heterocycles. The number of piperidine rings is 1. The number of benzene rings is 2. The van der Waals surface area contributed by atoms with Gasteiger partial charge in [0, 0.05) is 24.5 Å². The van der Waals surface area contributed by atoms with Crippen LogP contribution < -0.4 is 4.74 Å². The van der Waals surface area contributed by atoms with E-state index in [9.17, 15) is 23.1 Å². The van der Waals surface area contributed by atoms with E-state index in [1.165, 1.54) is 11.6 Å². The van der Waals surface area contributed by atoms with Gasteiger partial charge >= 0.3 is 12.1 Å². The molecule has 2 atom stereocenters. The number of nitrogens with zero attached hydrogens (tertiary/aromatic N) is 2. The molecule has 0 radical (unpaired) electrons. The van der Waals surface area contributed by atoms with Gasteiger partial charge in [-0.15, -0.1) is 0 Å². The maximum absolute atomic E-state index is 13.3. The third kappa shape index (κ3) is 7.94. The molecule has 0 aliphatic carbocycles. The minimum Gasteiger partial charge on any atom is -0.497 e. The molecule has 5 nitrogen and oxygen atoms in total. The Labute approximate surface area is 228 Å². The highest BCUT2D eigenvalue weighted by Gasteiger charge is 2.33. The fraction of sp³-hybridized carbons (Fsp3) is 0.484. The van der Waals surface area contributed by atoms with E-state index in [-0.39, 0.29) is 12.3 Å². The minimum atomic E-state index is -4.34. The van der Waals surface area contributed by atoms with Crippen molar-refractivity contribution in [3.05, 3.63) is 71.4 Å². The molecule has 3 aromatic rings. The molecule has 0 unspecified atom stereocenters. The lowest BCUT2D eigenvalue weighted by molar-refractivity contribution is -0.138. The number of methoxy groups -OCH3 is 1. The van der Waals surface area contributed by atoms with Gasteiger partial charge in [0.1, 0.15) is 5.75 Å². The molecule has 1 aromatic heterocycles. The van der Waals surface area contributed by atoms with Gasteiger partial charge in [-0.2, -0.15) is 13.2 Å². The van der Waals surface area contributed by atoms with E-state index in [4.69, 9.17) is 4.74 Å². The lowest BCUT2D eigenvalue weighted by Crippen LogP contribution is -2.41. The molecular formula is C31H37F3N2O3. The van der Waals surface area contributed by atoms with Crippen molar-refractivity contribution in [1.29, 1.82) is 0 Å². The Bertz CT molecular complexity index is 1250. The lowest BCUT2D eigenvalue weighted by Gasteiger charge is -2.39. The molecule has 0 amide bonds. The zero-order valence-electron chi connectivity index (χ0n) is 22.4. The number of carbonyl (C=O) groups is 1. The molecule has 0 spiro atoms. The van der Waals surface area contributed by atoms with Crippen LogP contribution in [-0.4, -0.2) is 47.7 Å². The van der Waals surface area contributed by atoms with Crippen LogP contribution in [0.1, 0.15) is 55.2 Å². The van der Waals surface area contributed by atoms with Gasteiger partial charge in [-0.25, -0.2) is 0 Å². The molecule has 0 bridgehead atoms. The first-order valence-electron chi connectivity index (χ1n) is 13.8. The molecule has 8 heteroatoms. The number of rotatable bonds is 12. The van der Waals surface area contributed by atoms with Crippen LogP contribution in [0.25, 0.3) is 10.9 Å². The van der Waals surface area contributed by atoms with E-state index in [0.29, 0.717) is 37.3 Å². The molecular weight excluding hydrogens is 505 g/mol. The average Bonchev–Trinajstić information content (AvgIpc) is 2.92. The average molecular weight is 543 g/mol. The van der Waals surface area contributed by atoms with Crippen molar-refractivity contribution in [3.8, 4) is 5.75 Å². The number of hydrogen-bond donors (Lipinski definition) is 1. The quantitative estimate of drug-likeness (QED) is 0.267. The van der Waals surface area contributed by atoms with Gasteiger partial charge in [-0.05, 0) is 111 Å². The summed E-state index contributed by atoms with van der Waals surface area (Å²) in [5.41, 5.74) is 1.96.